The first-order valence-electron chi connectivity index (χ1n) is 12.8. The third-order valence-corrected chi connectivity index (χ3v) is 6.78. The zero-order chi connectivity index (χ0) is 28.4. The van der Waals surface area contributed by atoms with E-state index >= 15 is 0 Å². The smallest absolute Gasteiger partial charge is 0.417 e. The van der Waals surface area contributed by atoms with Gasteiger partial charge >= 0.3 is 6.18 Å². The Hall–Kier alpha value is -4.27. The number of ether oxygens (including phenoxy) is 1. The number of halogens is 5. The maximum atomic E-state index is 14.2. The largest absolute Gasteiger partial charge is 0.493 e. The molecule has 0 bridgehead atoms. The minimum Gasteiger partial charge on any atom is -0.493 e. The van der Waals surface area contributed by atoms with Gasteiger partial charge in [-0.25, -0.2) is 18.7 Å². The predicted molar refractivity (Wildman–Crippen MR) is 143 cm³/mol. The molecule has 40 heavy (non-hydrogen) atoms. The molecule has 0 N–H and O–H groups in total. The van der Waals surface area contributed by atoms with E-state index < -0.39 is 23.4 Å². The second-order valence-corrected chi connectivity index (χ2v) is 9.76. The van der Waals surface area contributed by atoms with Gasteiger partial charge in [-0.1, -0.05) is 56.7 Å². The van der Waals surface area contributed by atoms with Gasteiger partial charge in [0.25, 0.3) is 0 Å². The van der Waals surface area contributed by atoms with E-state index in [1.165, 1.54) is 18.2 Å². The Morgan fingerprint density at radius 2 is 1.65 bits per heavy atom. The van der Waals surface area contributed by atoms with E-state index in [1.807, 2.05) is 18.4 Å². The van der Waals surface area contributed by atoms with Crippen molar-refractivity contribution < 1.29 is 26.7 Å². The molecule has 1 atom stereocenters. The van der Waals surface area contributed by atoms with Crippen molar-refractivity contribution in [3.05, 3.63) is 102 Å². The minimum absolute atomic E-state index is 0.0216. The molecule has 0 saturated heterocycles. The van der Waals surface area contributed by atoms with Crippen LogP contribution in [0.25, 0.3) is 33.9 Å². The molecule has 2 heterocycles. The van der Waals surface area contributed by atoms with Crippen molar-refractivity contribution in [3.63, 3.8) is 0 Å². The molecular weight excluding hydrogens is 525 g/mol. The number of rotatable bonds is 8. The fraction of sp³-hybridized carbons (Fsp3) is 0.226. The number of benzene rings is 3. The minimum atomic E-state index is -4.54. The Balaban J connectivity index is 1.36. The molecule has 5 rings (SSSR count). The summed E-state index contributed by atoms with van der Waals surface area (Å²) in [4.78, 5) is 8.66. The molecule has 206 valence electrons. The lowest BCUT2D eigenvalue weighted by molar-refractivity contribution is -0.137. The summed E-state index contributed by atoms with van der Waals surface area (Å²) < 4.78 is 77.0. The molecule has 9 heteroatoms. The molecule has 0 aliphatic carbocycles. The van der Waals surface area contributed by atoms with Crippen LogP contribution in [0, 0.1) is 17.6 Å². The first kappa shape index (κ1) is 27.3. The number of hydrogen-bond acceptors (Lipinski definition) is 3. The predicted octanol–water partition coefficient (Wildman–Crippen LogP) is 8.49. The van der Waals surface area contributed by atoms with Crippen LogP contribution in [0.2, 0.25) is 0 Å². The Morgan fingerprint density at radius 3 is 2.38 bits per heavy atom. The molecule has 0 saturated carbocycles. The topological polar surface area (TPSA) is 39.9 Å². The third kappa shape index (κ3) is 5.83. The van der Waals surface area contributed by atoms with Crippen LogP contribution in [0.5, 0.6) is 5.75 Å². The summed E-state index contributed by atoms with van der Waals surface area (Å²) in [6.07, 6.45) is -0.158. The second-order valence-electron chi connectivity index (χ2n) is 9.76. The van der Waals surface area contributed by atoms with Crippen LogP contribution in [-0.4, -0.2) is 21.1 Å². The number of fused-ring (bicyclic) bond motifs is 1. The van der Waals surface area contributed by atoms with Crippen LogP contribution in [0.4, 0.5) is 22.0 Å². The highest BCUT2D eigenvalue weighted by Gasteiger charge is 2.34. The number of aromatic nitrogens is 3. The summed E-state index contributed by atoms with van der Waals surface area (Å²) in [5, 5.41) is 0. The van der Waals surface area contributed by atoms with Gasteiger partial charge in [0.15, 0.2) is 17.5 Å². The number of hydrogen-bond donors (Lipinski definition) is 0. The second kappa shape index (κ2) is 11.1. The number of imidazole rings is 1. The van der Waals surface area contributed by atoms with Crippen molar-refractivity contribution in [3.8, 4) is 39.7 Å². The van der Waals surface area contributed by atoms with E-state index in [4.69, 9.17) is 4.74 Å². The van der Waals surface area contributed by atoms with Gasteiger partial charge in [-0.3, -0.25) is 0 Å². The van der Waals surface area contributed by atoms with Crippen molar-refractivity contribution in [1.29, 1.82) is 0 Å². The van der Waals surface area contributed by atoms with Gasteiger partial charge in [0, 0.05) is 18.9 Å². The highest BCUT2D eigenvalue weighted by Crippen LogP contribution is 2.39. The van der Waals surface area contributed by atoms with E-state index in [2.05, 4.69) is 9.97 Å². The van der Waals surface area contributed by atoms with E-state index in [-0.39, 0.29) is 28.6 Å². The SMILES string of the molecule is CCC(C)COc1ccc(-c2ccc(Cn3ccc4nc(-c5cccc(F)c5F)nc-4c3)cc2)c(C(F)(F)F)c1. The maximum Gasteiger partial charge on any atom is 0.417 e. The van der Waals surface area contributed by atoms with E-state index in [1.54, 1.807) is 48.8 Å². The zero-order valence-electron chi connectivity index (χ0n) is 21.8. The maximum absolute atomic E-state index is 14.2. The van der Waals surface area contributed by atoms with Gasteiger partial charge in [-0.2, -0.15) is 13.2 Å². The van der Waals surface area contributed by atoms with Crippen LogP contribution in [0.1, 0.15) is 31.4 Å². The molecule has 0 spiro atoms. The van der Waals surface area contributed by atoms with Crippen molar-refractivity contribution in [2.45, 2.75) is 33.0 Å². The molecule has 3 aromatic rings. The molecular formula is C31H26F5N3O. The summed E-state index contributed by atoms with van der Waals surface area (Å²) in [5.74, 6) is -1.46. The molecule has 0 fully saturated rings. The lowest BCUT2D eigenvalue weighted by Crippen LogP contribution is -2.10. The van der Waals surface area contributed by atoms with Gasteiger partial charge in [0.1, 0.15) is 11.4 Å². The highest BCUT2D eigenvalue weighted by atomic mass is 19.4. The van der Waals surface area contributed by atoms with Gasteiger partial charge in [0.05, 0.1) is 23.4 Å². The normalized spacial score (nSPS) is 12.6. The fourth-order valence-corrected chi connectivity index (χ4v) is 4.30. The van der Waals surface area contributed by atoms with Crippen LogP contribution in [0.15, 0.2) is 79.1 Å². The van der Waals surface area contributed by atoms with Crippen molar-refractivity contribution >= 4 is 0 Å². The van der Waals surface area contributed by atoms with Crippen LogP contribution in [0.3, 0.4) is 0 Å². The fourth-order valence-electron chi connectivity index (χ4n) is 4.30. The first-order valence-corrected chi connectivity index (χ1v) is 12.8. The molecule has 0 amide bonds. The summed E-state index contributed by atoms with van der Waals surface area (Å²) >= 11 is 0. The molecule has 1 unspecified atom stereocenters. The number of nitrogens with zero attached hydrogens (tertiary/aromatic N) is 3. The monoisotopic (exact) mass is 551 g/mol. The number of alkyl halides is 3. The lowest BCUT2D eigenvalue weighted by atomic mass is 9.98. The molecule has 0 radical (unpaired) electrons. The molecule has 0 aromatic heterocycles. The van der Waals surface area contributed by atoms with Gasteiger partial charge < -0.3 is 9.30 Å². The molecule has 3 aromatic carbocycles. The molecule has 2 aliphatic rings. The zero-order valence-corrected chi connectivity index (χ0v) is 21.8. The average Bonchev–Trinajstić information content (AvgIpc) is 3.36. The number of pyridine rings is 1. The van der Waals surface area contributed by atoms with Crippen molar-refractivity contribution in [1.82, 2.24) is 14.5 Å². The van der Waals surface area contributed by atoms with Crippen molar-refractivity contribution in [2.24, 2.45) is 5.92 Å². The lowest BCUT2D eigenvalue weighted by Gasteiger charge is -2.17. The summed E-state index contributed by atoms with van der Waals surface area (Å²) in [6, 6.07) is 16.5. The Bertz CT molecular complexity index is 1590. The third-order valence-electron chi connectivity index (χ3n) is 6.78. The summed E-state index contributed by atoms with van der Waals surface area (Å²) in [5.41, 5.74) is 1.63. The van der Waals surface area contributed by atoms with Gasteiger partial charge in [0.2, 0.25) is 0 Å². The van der Waals surface area contributed by atoms with E-state index in [0.717, 1.165) is 24.1 Å². The summed E-state index contributed by atoms with van der Waals surface area (Å²) in [6.45, 7) is 4.75. The van der Waals surface area contributed by atoms with E-state index in [0.29, 0.717) is 30.1 Å². The van der Waals surface area contributed by atoms with Crippen LogP contribution in [-0.2, 0) is 12.7 Å². The Morgan fingerprint density at radius 1 is 0.900 bits per heavy atom. The average molecular weight is 552 g/mol. The Labute approximate surface area is 228 Å². The Kier molecular flexibility index (Phi) is 7.56. The molecule has 2 aliphatic heterocycles. The quantitative estimate of drug-likeness (QED) is 0.182. The van der Waals surface area contributed by atoms with Gasteiger partial charge in [-0.15, -0.1) is 0 Å². The standard InChI is InChI=1S/C31H26F5N3O/c1-3-19(2)18-40-22-11-12-23(25(15-22)31(34,35)36)21-9-7-20(8-10-21)16-39-14-13-27-28(17-39)38-30(37-27)24-5-4-6-26(32)29(24)33/h4-15,17,19H,3,16,18H2,1-2H3. The van der Waals surface area contributed by atoms with Crippen LogP contribution >= 0.6 is 0 Å². The van der Waals surface area contributed by atoms with Gasteiger partial charge in [-0.05, 0) is 52.9 Å². The summed E-state index contributed by atoms with van der Waals surface area (Å²) in [7, 11) is 0. The van der Waals surface area contributed by atoms with Crippen LogP contribution < -0.4 is 4.74 Å². The first-order chi connectivity index (χ1) is 19.1. The highest BCUT2D eigenvalue weighted by molar-refractivity contribution is 5.70. The molecule has 4 nitrogen and oxygen atoms in total. The van der Waals surface area contributed by atoms with Crippen molar-refractivity contribution in [2.75, 3.05) is 6.61 Å². The van der Waals surface area contributed by atoms with E-state index in [9.17, 15) is 22.0 Å².